The molecule has 0 aliphatic heterocycles. The lowest BCUT2D eigenvalue weighted by Gasteiger charge is -2.18. The minimum absolute atomic E-state index is 0.253. The summed E-state index contributed by atoms with van der Waals surface area (Å²) in [7, 11) is 3.84. The van der Waals surface area contributed by atoms with Crippen molar-refractivity contribution in [1.82, 2.24) is 9.97 Å². The third-order valence-electron chi connectivity index (χ3n) is 3.40. The number of benzene rings is 1. The van der Waals surface area contributed by atoms with E-state index in [1.807, 2.05) is 31.1 Å². The Morgan fingerprint density at radius 2 is 1.83 bits per heavy atom. The third-order valence-corrected chi connectivity index (χ3v) is 3.78. The van der Waals surface area contributed by atoms with Crippen LogP contribution in [0.3, 0.4) is 0 Å². The Balaban J connectivity index is 2.73. The van der Waals surface area contributed by atoms with Crippen molar-refractivity contribution in [2.24, 2.45) is 0 Å². The minimum Gasteiger partial charge on any atom is -0.347 e. The molecule has 0 bridgehead atoms. The Hall–Kier alpha value is -1.75. The predicted molar refractivity (Wildman–Crippen MR) is 98.7 cm³/mol. The smallest absolute Gasteiger partial charge is 0.225 e. The van der Waals surface area contributed by atoms with E-state index in [4.69, 9.17) is 9.97 Å². The van der Waals surface area contributed by atoms with Crippen molar-refractivity contribution in [3.8, 4) is 11.3 Å². The summed E-state index contributed by atoms with van der Waals surface area (Å²) in [4.78, 5) is 11.3. The molecule has 1 aromatic heterocycles. The zero-order valence-corrected chi connectivity index (χ0v) is 15.4. The number of anilines is 1. The number of hydrogen-bond acceptors (Lipinski definition) is 3. The van der Waals surface area contributed by atoms with Gasteiger partial charge in [0.25, 0.3) is 0 Å². The molecule has 0 aliphatic rings. The predicted octanol–water partition coefficient (Wildman–Crippen LogP) is 4.88. The van der Waals surface area contributed by atoms with Crippen molar-refractivity contribution in [1.29, 1.82) is 0 Å². The largest absolute Gasteiger partial charge is 0.347 e. The maximum atomic E-state index is 13.3. The van der Waals surface area contributed by atoms with Crippen LogP contribution in [0, 0.1) is 5.82 Å². The SMILES string of the molecule is CC(C)c1nc(N(C)C)nc(-c2ccc(F)cc2)c1/C=C/CBr. The second-order valence-electron chi connectivity index (χ2n) is 5.78. The first-order valence-corrected chi connectivity index (χ1v) is 8.64. The molecule has 1 aromatic carbocycles. The van der Waals surface area contributed by atoms with Crippen LogP contribution in [-0.4, -0.2) is 29.4 Å². The highest BCUT2D eigenvalue weighted by Crippen LogP contribution is 2.30. The lowest BCUT2D eigenvalue weighted by molar-refractivity contribution is 0.628. The van der Waals surface area contributed by atoms with Crippen LogP contribution in [-0.2, 0) is 0 Å². The number of halogens is 2. The van der Waals surface area contributed by atoms with Gasteiger partial charge in [-0.05, 0) is 30.2 Å². The van der Waals surface area contributed by atoms with Gasteiger partial charge < -0.3 is 4.90 Å². The van der Waals surface area contributed by atoms with Gasteiger partial charge in [0.05, 0.1) is 11.4 Å². The molecule has 1 heterocycles. The molecule has 23 heavy (non-hydrogen) atoms. The quantitative estimate of drug-likeness (QED) is 0.695. The molecule has 0 spiro atoms. The van der Waals surface area contributed by atoms with E-state index in [-0.39, 0.29) is 11.7 Å². The number of rotatable bonds is 5. The molecular weight excluding hydrogens is 357 g/mol. The van der Waals surface area contributed by atoms with Gasteiger partial charge in [-0.3, -0.25) is 0 Å². The minimum atomic E-state index is -0.253. The van der Waals surface area contributed by atoms with Crippen molar-refractivity contribution in [2.45, 2.75) is 19.8 Å². The highest BCUT2D eigenvalue weighted by molar-refractivity contribution is 9.09. The first kappa shape index (κ1) is 17.6. The lowest BCUT2D eigenvalue weighted by Crippen LogP contribution is -2.16. The maximum absolute atomic E-state index is 13.3. The van der Waals surface area contributed by atoms with Crippen LogP contribution in [0.4, 0.5) is 10.3 Å². The van der Waals surface area contributed by atoms with E-state index < -0.39 is 0 Å². The van der Waals surface area contributed by atoms with E-state index in [0.717, 1.165) is 27.8 Å². The van der Waals surface area contributed by atoms with Crippen molar-refractivity contribution in [3.05, 3.63) is 47.4 Å². The summed E-state index contributed by atoms with van der Waals surface area (Å²) in [6.45, 7) is 4.23. The van der Waals surface area contributed by atoms with E-state index >= 15 is 0 Å². The van der Waals surface area contributed by atoms with E-state index in [2.05, 4.69) is 29.8 Å². The second-order valence-corrected chi connectivity index (χ2v) is 6.43. The highest BCUT2D eigenvalue weighted by atomic mass is 79.9. The molecule has 0 amide bonds. The van der Waals surface area contributed by atoms with Gasteiger partial charge in [0.1, 0.15) is 5.82 Å². The van der Waals surface area contributed by atoms with Gasteiger partial charge in [-0.25, -0.2) is 14.4 Å². The monoisotopic (exact) mass is 377 g/mol. The number of nitrogens with zero attached hydrogens (tertiary/aromatic N) is 3. The maximum Gasteiger partial charge on any atom is 0.225 e. The van der Waals surface area contributed by atoms with E-state index in [0.29, 0.717) is 5.95 Å². The average Bonchev–Trinajstić information content (AvgIpc) is 2.52. The normalized spacial score (nSPS) is 11.4. The molecule has 2 rings (SSSR count). The Bertz CT molecular complexity index is 694. The standard InChI is InChI=1S/C18H21BrFN3/c1-12(2)16-15(6-5-11-19)17(22-18(21-16)23(3)4)13-7-9-14(20)10-8-13/h5-10,12H,11H2,1-4H3/b6-5+. The van der Waals surface area contributed by atoms with E-state index in [1.54, 1.807) is 12.1 Å². The number of hydrogen-bond donors (Lipinski definition) is 0. The fourth-order valence-electron chi connectivity index (χ4n) is 2.27. The van der Waals surface area contributed by atoms with Crippen LogP contribution >= 0.6 is 15.9 Å². The van der Waals surface area contributed by atoms with E-state index in [9.17, 15) is 4.39 Å². The molecule has 2 aromatic rings. The van der Waals surface area contributed by atoms with Crippen LogP contribution < -0.4 is 4.90 Å². The summed E-state index contributed by atoms with van der Waals surface area (Å²) < 4.78 is 13.3. The van der Waals surface area contributed by atoms with Crippen LogP contribution in [0.1, 0.15) is 31.0 Å². The molecule has 0 aliphatic carbocycles. The molecule has 122 valence electrons. The molecule has 3 nitrogen and oxygen atoms in total. The lowest BCUT2D eigenvalue weighted by atomic mass is 9.98. The summed E-state index contributed by atoms with van der Waals surface area (Å²) in [5.41, 5.74) is 3.68. The topological polar surface area (TPSA) is 29.0 Å². The Morgan fingerprint density at radius 3 is 2.35 bits per heavy atom. The van der Waals surface area contributed by atoms with Crippen molar-refractivity contribution in [3.63, 3.8) is 0 Å². The Morgan fingerprint density at radius 1 is 1.17 bits per heavy atom. The highest BCUT2D eigenvalue weighted by Gasteiger charge is 2.17. The molecule has 0 saturated carbocycles. The summed E-state index contributed by atoms with van der Waals surface area (Å²) in [6.07, 6.45) is 4.05. The van der Waals surface area contributed by atoms with Gasteiger partial charge in [-0.1, -0.05) is 41.9 Å². The van der Waals surface area contributed by atoms with Gasteiger partial charge in [-0.2, -0.15) is 0 Å². The van der Waals surface area contributed by atoms with Gasteiger partial charge in [0, 0.05) is 30.6 Å². The summed E-state index contributed by atoms with van der Waals surface area (Å²) in [5, 5.41) is 0.753. The van der Waals surface area contributed by atoms with Crippen LogP contribution in [0.2, 0.25) is 0 Å². The number of alkyl halides is 1. The van der Waals surface area contributed by atoms with Crippen LogP contribution in [0.15, 0.2) is 30.3 Å². The third kappa shape index (κ3) is 4.16. The second kappa shape index (κ2) is 7.68. The fourth-order valence-corrected chi connectivity index (χ4v) is 2.46. The fraction of sp³-hybridized carbons (Fsp3) is 0.333. The van der Waals surface area contributed by atoms with Crippen molar-refractivity contribution >= 4 is 28.0 Å². The van der Waals surface area contributed by atoms with Crippen molar-refractivity contribution < 1.29 is 4.39 Å². The van der Waals surface area contributed by atoms with Crippen LogP contribution in [0.5, 0.6) is 0 Å². The van der Waals surface area contributed by atoms with Gasteiger partial charge in [-0.15, -0.1) is 0 Å². The first-order valence-electron chi connectivity index (χ1n) is 7.51. The summed E-state index contributed by atoms with van der Waals surface area (Å²) in [6, 6.07) is 6.43. The molecule has 5 heteroatoms. The molecule has 0 unspecified atom stereocenters. The van der Waals surface area contributed by atoms with Gasteiger partial charge in [0.15, 0.2) is 0 Å². The van der Waals surface area contributed by atoms with Gasteiger partial charge >= 0.3 is 0 Å². The Labute approximate surface area is 145 Å². The van der Waals surface area contributed by atoms with Crippen LogP contribution in [0.25, 0.3) is 17.3 Å². The van der Waals surface area contributed by atoms with Gasteiger partial charge in [0.2, 0.25) is 5.95 Å². The first-order chi connectivity index (χ1) is 10.9. The Kier molecular flexibility index (Phi) is 5.88. The average molecular weight is 378 g/mol. The number of aromatic nitrogens is 2. The summed E-state index contributed by atoms with van der Waals surface area (Å²) in [5.74, 6) is 0.659. The molecule has 0 fully saturated rings. The molecular formula is C18H21BrFN3. The van der Waals surface area contributed by atoms with Crippen molar-refractivity contribution in [2.75, 3.05) is 24.3 Å². The molecule has 0 N–H and O–H groups in total. The number of allylic oxidation sites excluding steroid dienone is 1. The molecule has 0 saturated heterocycles. The zero-order chi connectivity index (χ0) is 17.0. The summed E-state index contributed by atoms with van der Waals surface area (Å²) >= 11 is 3.41. The van der Waals surface area contributed by atoms with E-state index in [1.165, 1.54) is 12.1 Å². The molecule has 0 atom stereocenters. The molecule has 0 radical (unpaired) electrons. The zero-order valence-electron chi connectivity index (χ0n) is 13.8.